The molecule has 2 atom stereocenters. The van der Waals surface area contributed by atoms with Gasteiger partial charge in [0.15, 0.2) is 0 Å². The van der Waals surface area contributed by atoms with Crippen molar-refractivity contribution in [1.82, 2.24) is 4.90 Å². The van der Waals surface area contributed by atoms with Crippen molar-refractivity contribution in [2.75, 3.05) is 6.61 Å². The Morgan fingerprint density at radius 1 is 1.12 bits per heavy atom. The molecule has 33 heavy (non-hydrogen) atoms. The van der Waals surface area contributed by atoms with Gasteiger partial charge in [-0.2, -0.15) is 0 Å². The highest BCUT2D eigenvalue weighted by Crippen LogP contribution is 2.37. The van der Waals surface area contributed by atoms with Gasteiger partial charge in [0.25, 0.3) is 5.69 Å². The van der Waals surface area contributed by atoms with E-state index in [1.54, 1.807) is 12.1 Å². The van der Waals surface area contributed by atoms with E-state index in [2.05, 4.69) is 44.2 Å². The number of carbonyl (C=O) groups is 2. The minimum atomic E-state index is -1.75. The molecule has 184 valence electrons. The summed E-state index contributed by atoms with van der Waals surface area (Å²) in [7, 11) is -3.51. The summed E-state index contributed by atoms with van der Waals surface area (Å²) in [5.74, 6) is -0.149. The molecule has 7 nitrogen and oxygen atoms in total. The van der Waals surface area contributed by atoms with Crippen LogP contribution in [0.25, 0.3) is 0 Å². The van der Waals surface area contributed by atoms with Gasteiger partial charge in [-0.05, 0) is 38.7 Å². The van der Waals surface area contributed by atoms with Gasteiger partial charge in [-0.1, -0.05) is 51.4 Å². The van der Waals surface area contributed by atoms with E-state index >= 15 is 0 Å². The molecule has 1 fully saturated rings. The number of nitro groups is 1. The van der Waals surface area contributed by atoms with E-state index < -0.39 is 26.5 Å². The smallest absolute Gasteiger partial charge is 0.311 e. The number of benzene rings is 1. The molecule has 0 saturated carbocycles. The highest BCUT2D eigenvalue weighted by Gasteiger charge is 2.51. The van der Waals surface area contributed by atoms with Gasteiger partial charge in [0, 0.05) is 23.8 Å². The number of hydrogen-bond acceptors (Lipinski definition) is 5. The molecule has 0 unspecified atom stereocenters. The van der Waals surface area contributed by atoms with Crippen LogP contribution in [0.2, 0.25) is 39.3 Å². The van der Waals surface area contributed by atoms with Crippen LogP contribution in [-0.2, 0) is 20.7 Å². The average molecular weight is 493 g/mol. The van der Waals surface area contributed by atoms with Crippen LogP contribution in [0.3, 0.4) is 0 Å². The SMILES string of the molecule is CC(C)(C)C(=O)OC[C@H]1[C@H](Cc2ccc([N+](=O)[O-])cc2)CC(=O)N1C([Si](C)(C)C)[Si](C)(C)C. The van der Waals surface area contributed by atoms with Crippen molar-refractivity contribution < 1.29 is 19.2 Å². The Bertz CT molecular complexity index is 868. The lowest BCUT2D eigenvalue weighted by Gasteiger charge is -2.47. The van der Waals surface area contributed by atoms with Gasteiger partial charge < -0.3 is 9.64 Å². The number of rotatable bonds is 8. The van der Waals surface area contributed by atoms with E-state index in [0.717, 1.165) is 5.56 Å². The second kappa shape index (κ2) is 9.70. The highest BCUT2D eigenvalue weighted by molar-refractivity contribution is 6.96. The third kappa shape index (κ3) is 6.75. The molecule has 1 saturated heterocycles. The highest BCUT2D eigenvalue weighted by atomic mass is 28.4. The van der Waals surface area contributed by atoms with Crippen LogP contribution in [0.5, 0.6) is 0 Å². The molecule has 1 amide bonds. The van der Waals surface area contributed by atoms with E-state index in [1.807, 2.05) is 20.8 Å². The van der Waals surface area contributed by atoms with Crippen LogP contribution in [0.4, 0.5) is 5.69 Å². The standard InChI is InChI=1S/C24H40N2O5Si2/c1-24(2,3)22(28)31-16-20-18(14-17-10-12-19(13-11-17)26(29)30)15-21(27)25(20)23(32(4,5)6)33(7,8)9/h10-13,18,20,23H,14-16H2,1-9H3/t18-,20+/m1/s1. The predicted molar refractivity (Wildman–Crippen MR) is 136 cm³/mol. The molecular formula is C24H40N2O5Si2. The normalized spacial score (nSPS) is 19.8. The minimum absolute atomic E-state index is 0.0121. The number of nitrogens with zero attached hydrogens (tertiary/aromatic N) is 2. The number of nitro benzene ring substituents is 1. The number of carbonyl (C=O) groups excluding carboxylic acids is 2. The predicted octanol–water partition coefficient (Wildman–Crippen LogP) is 5.07. The lowest BCUT2D eigenvalue weighted by molar-refractivity contribution is -0.384. The summed E-state index contributed by atoms with van der Waals surface area (Å²) in [6.45, 7) is 19.5. The second-order valence-corrected chi connectivity index (χ2v) is 23.6. The van der Waals surface area contributed by atoms with E-state index in [4.69, 9.17) is 4.74 Å². The van der Waals surface area contributed by atoms with Crippen LogP contribution >= 0.6 is 0 Å². The average Bonchev–Trinajstić information content (AvgIpc) is 2.92. The molecular weight excluding hydrogens is 452 g/mol. The second-order valence-electron chi connectivity index (χ2n) is 12.4. The minimum Gasteiger partial charge on any atom is -0.463 e. The van der Waals surface area contributed by atoms with Crippen molar-refractivity contribution in [1.29, 1.82) is 0 Å². The summed E-state index contributed by atoms with van der Waals surface area (Å²) in [4.78, 5) is 38.7. The Kier molecular flexibility index (Phi) is 8.00. The third-order valence-electron chi connectivity index (χ3n) is 6.19. The number of hydrogen-bond donors (Lipinski definition) is 0. The number of esters is 1. The van der Waals surface area contributed by atoms with Crippen LogP contribution in [0.1, 0.15) is 32.8 Å². The summed E-state index contributed by atoms with van der Waals surface area (Å²) >= 11 is 0. The molecule has 1 heterocycles. The Morgan fingerprint density at radius 2 is 1.64 bits per heavy atom. The van der Waals surface area contributed by atoms with Crippen LogP contribution in [0, 0.1) is 21.4 Å². The van der Waals surface area contributed by atoms with Gasteiger partial charge in [0.1, 0.15) is 6.61 Å². The summed E-state index contributed by atoms with van der Waals surface area (Å²) in [6.07, 6.45) is 1.02. The summed E-state index contributed by atoms with van der Waals surface area (Å²) in [5.41, 5.74) is 0.388. The van der Waals surface area contributed by atoms with Crippen molar-refractivity contribution in [3.8, 4) is 0 Å². The molecule has 0 bridgehead atoms. The van der Waals surface area contributed by atoms with Gasteiger partial charge >= 0.3 is 5.97 Å². The maximum absolute atomic E-state index is 13.4. The first kappa shape index (κ1) is 27.2. The molecule has 0 spiro atoms. The fourth-order valence-corrected chi connectivity index (χ4v) is 17.9. The number of amides is 1. The fraction of sp³-hybridized carbons (Fsp3) is 0.667. The molecule has 0 aliphatic carbocycles. The zero-order valence-electron chi connectivity index (χ0n) is 21.6. The molecule has 0 aromatic heterocycles. The monoisotopic (exact) mass is 492 g/mol. The van der Waals surface area contributed by atoms with Gasteiger partial charge in [-0.15, -0.1) is 0 Å². The van der Waals surface area contributed by atoms with Crippen LogP contribution < -0.4 is 0 Å². The van der Waals surface area contributed by atoms with Crippen molar-refractivity contribution in [2.45, 2.75) is 84.2 Å². The van der Waals surface area contributed by atoms with E-state index in [-0.39, 0.29) is 41.4 Å². The lowest BCUT2D eigenvalue weighted by Crippen LogP contribution is -2.66. The number of likely N-dealkylation sites (tertiary alicyclic amines) is 1. The largest absolute Gasteiger partial charge is 0.463 e. The summed E-state index contributed by atoms with van der Waals surface area (Å²) < 4.78 is 5.77. The van der Waals surface area contributed by atoms with E-state index in [1.165, 1.54) is 12.1 Å². The van der Waals surface area contributed by atoms with Crippen molar-refractivity contribution >= 4 is 33.7 Å². The van der Waals surface area contributed by atoms with Crippen LogP contribution in [0.15, 0.2) is 24.3 Å². The van der Waals surface area contributed by atoms with Crippen LogP contribution in [-0.4, -0.2) is 55.8 Å². The maximum atomic E-state index is 13.4. The van der Waals surface area contributed by atoms with Gasteiger partial charge in [-0.3, -0.25) is 19.7 Å². The molecule has 9 heteroatoms. The quantitative estimate of drug-likeness (QED) is 0.219. The molecule has 1 aromatic carbocycles. The third-order valence-corrected chi connectivity index (χ3v) is 15.2. The van der Waals surface area contributed by atoms with Crippen molar-refractivity contribution in [3.63, 3.8) is 0 Å². The van der Waals surface area contributed by atoms with E-state index in [0.29, 0.717) is 12.8 Å². The maximum Gasteiger partial charge on any atom is 0.311 e. The number of ether oxygens (including phenoxy) is 1. The Hall–Kier alpha value is -2.01. The molecule has 1 aliphatic rings. The Labute approximate surface area is 200 Å². The molecule has 2 rings (SSSR count). The van der Waals surface area contributed by atoms with Crippen molar-refractivity contribution in [3.05, 3.63) is 39.9 Å². The van der Waals surface area contributed by atoms with Crippen molar-refractivity contribution in [2.24, 2.45) is 11.3 Å². The molecule has 0 radical (unpaired) electrons. The molecule has 0 N–H and O–H groups in total. The van der Waals surface area contributed by atoms with Gasteiger partial charge in [-0.25, -0.2) is 0 Å². The zero-order valence-corrected chi connectivity index (χ0v) is 23.6. The first-order valence-electron chi connectivity index (χ1n) is 11.6. The zero-order chi connectivity index (χ0) is 25.4. The Balaban J connectivity index is 2.40. The molecule has 1 aromatic rings. The summed E-state index contributed by atoms with van der Waals surface area (Å²) in [5, 5.41) is 11.2. The first-order valence-corrected chi connectivity index (χ1v) is 18.8. The van der Waals surface area contributed by atoms with E-state index in [9.17, 15) is 19.7 Å². The fourth-order valence-electron chi connectivity index (χ4n) is 5.21. The Morgan fingerprint density at radius 3 is 2.06 bits per heavy atom. The van der Waals surface area contributed by atoms with Gasteiger partial charge in [0.2, 0.25) is 5.91 Å². The topological polar surface area (TPSA) is 89.7 Å². The lowest BCUT2D eigenvalue weighted by atomic mass is 9.92. The first-order chi connectivity index (χ1) is 14.9. The number of non-ortho nitro benzene ring substituents is 1. The molecule has 1 aliphatic heterocycles. The van der Waals surface area contributed by atoms with Gasteiger partial charge in [0.05, 0.1) is 32.5 Å². The summed E-state index contributed by atoms with van der Waals surface area (Å²) in [6, 6.07) is 6.34.